The summed E-state index contributed by atoms with van der Waals surface area (Å²) in [5.74, 6) is 0.906. The van der Waals surface area contributed by atoms with Crippen LogP contribution in [0, 0.1) is 10.8 Å². The van der Waals surface area contributed by atoms with E-state index in [0.29, 0.717) is 28.7 Å². The predicted octanol–water partition coefficient (Wildman–Crippen LogP) is 14.1. The average Bonchev–Trinajstić information content (AvgIpc) is 3.71. The van der Waals surface area contributed by atoms with Crippen LogP contribution >= 0.6 is 37.9 Å². The van der Waals surface area contributed by atoms with E-state index < -0.39 is 15.8 Å². The second-order valence-electron chi connectivity index (χ2n) is 23.8. The maximum atomic E-state index is 11.8. The number of aromatic amines is 2. The van der Waals surface area contributed by atoms with E-state index in [1.54, 1.807) is 0 Å². The minimum Gasteiger partial charge on any atom is -0.0622 e. The monoisotopic (exact) mass is 1310 g/mol. The summed E-state index contributed by atoms with van der Waals surface area (Å²) in [7, 11) is 2.86. The number of halogens is 2. The van der Waals surface area contributed by atoms with Gasteiger partial charge >= 0.3 is 27.0 Å². The number of aliphatic hydroxyl groups is 1. The first-order valence-corrected chi connectivity index (χ1v) is 34.5. The summed E-state index contributed by atoms with van der Waals surface area (Å²) in [6.07, 6.45) is 8.61. The van der Waals surface area contributed by atoms with E-state index in [1.165, 1.54) is 77.3 Å². The first kappa shape index (κ1) is 60.3. The van der Waals surface area contributed by atoms with Crippen LogP contribution in [0.15, 0.2) is 252 Å². The van der Waals surface area contributed by atoms with Crippen molar-refractivity contribution in [2.24, 2.45) is 16.6 Å². The summed E-state index contributed by atoms with van der Waals surface area (Å²) < 4.78 is 0. The fourth-order valence-electron chi connectivity index (χ4n) is 14.5. The molecule has 0 radical (unpaired) electrons. The molecule has 2 aromatic heterocycles. The van der Waals surface area contributed by atoms with Crippen molar-refractivity contribution in [3.8, 4) is 11.1 Å². The summed E-state index contributed by atoms with van der Waals surface area (Å²) in [5, 5.41) is 40.1. The van der Waals surface area contributed by atoms with Gasteiger partial charge in [-0.2, -0.15) is 10.2 Å². The number of aromatic nitrogens is 4. The number of fused-ring (bicyclic) bond motifs is 4. The molecule has 0 amide bonds. The minimum atomic E-state index is -0.852. The summed E-state index contributed by atoms with van der Waals surface area (Å²) >= 11 is 1.82. The Labute approximate surface area is 529 Å². The van der Waals surface area contributed by atoms with Gasteiger partial charge in [-0.1, -0.05) is 231 Å². The van der Waals surface area contributed by atoms with Crippen molar-refractivity contribution in [1.29, 1.82) is 0 Å². The summed E-state index contributed by atoms with van der Waals surface area (Å²) in [5.41, 5.74) is 11.3. The van der Waals surface area contributed by atoms with Crippen molar-refractivity contribution in [2.45, 2.75) is 75.3 Å². The van der Waals surface area contributed by atoms with Crippen LogP contribution < -0.4 is 48.7 Å². The van der Waals surface area contributed by atoms with E-state index in [4.69, 9.17) is 5.73 Å². The molecule has 2 spiro atoms. The maximum Gasteiger partial charge on any atom is -0.000884 e. The number of nitrogens with two attached hydrogens (primary N) is 1. The van der Waals surface area contributed by atoms with Gasteiger partial charge in [-0.3, -0.25) is 9.59 Å². The first-order valence-electron chi connectivity index (χ1n) is 29.6. The second-order valence-corrected chi connectivity index (χ2v) is 28.2. The standard InChI is InChI=1S/C44H32P2.C15H17N3O.C15H16N2O2.2ClH.Ru/c1-5-19-35(20-6-1)45(36-21-7-2-8-22-36)41-31-29-33-17-13-15-27-39(33)43(41)44-40-28-16-14-18-34(40)30-32-42(44)46(37-23-9-3-10-24-37)38-25-11-4-12-26-38;16-10-7-15(8-10)5-9(6-15)13-11-3-1-2-4-12(11)14(19)18-17-13;18-10-7-15(8-10)5-9(6-15)13-11-3-1-2-4-12(11)14(19)17-16-13;;;/h1-32H;1-4,9-10H,5-8,16H2,(H,18,19);1-4,9-10,18H,5-8H2,(H,17,19);2*1H;/q;;;;;+1/p-1. The molecule has 87 heavy (non-hydrogen) atoms. The summed E-state index contributed by atoms with van der Waals surface area (Å²) in [6, 6.07) is 87.6. The summed E-state index contributed by atoms with van der Waals surface area (Å²) in [4.78, 5) is 23.5. The number of H-pyrrole nitrogens is 2. The third-order valence-corrected chi connectivity index (χ3v) is 23.2. The van der Waals surface area contributed by atoms with Crippen molar-refractivity contribution in [2.75, 3.05) is 0 Å². The number of nitrogens with one attached hydrogen (secondary N) is 2. The van der Waals surface area contributed by atoms with Crippen LogP contribution in [0.2, 0.25) is 0 Å². The van der Waals surface area contributed by atoms with Gasteiger partial charge in [0, 0.05) is 28.7 Å². The molecule has 4 fully saturated rings. The van der Waals surface area contributed by atoms with Gasteiger partial charge < -0.3 is 10.8 Å². The molecule has 16 rings (SSSR count). The molecule has 13 heteroatoms. The Morgan fingerprint density at radius 3 is 1.03 bits per heavy atom. The van der Waals surface area contributed by atoms with Crippen LogP contribution in [-0.4, -0.2) is 37.6 Å². The number of aliphatic hydroxyl groups excluding tert-OH is 1. The minimum absolute atomic E-state index is 0. The van der Waals surface area contributed by atoms with E-state index in [-0.39, 0.29) is 29.6 Å². The molecule has 0 atom stereocenters. The fourth-order valence-corrected chi connectivity index (χ4v) is 19.4. The van der Waals surface area contributed by atoms with Crippen LogP contribution in [0.3, 0.4) is 0 Å². The molecule has 0 saturated heterocycles. The SMILES string of the molecule is Cl.NC1CC2(C1)CC(c1n[nH]c(=O)c3ccccc13)C2.O=c1[nH]nc(C2CC3(CC(O)C3)C2)c2ccccc12.[Cl][Ru].c1ccc(P(c2ccccc2)c2ccc3ccccc3c2-c2c(P(c3ccccc3)c3ccccc3)ccc3ccccc23)cc1. The number of benzene rings is 10. The zero-order valence-electron chi connectivity index (χ0n) is 47.8. The molecule has 0 aliphatic heterocycles. The molecule has 4 aliphatic rings. The number of hydrogen-bond donors (Lipinski definition) is 4. The Morgan fingerprint density at radius 2 is 0.701 bits per heavy atom. The van der Waals surface area contributed by atoms with Gasteiger partial charge in [0.2, 0.25) is 0 Å². The normalized spacial score (nSPS) is 20.6. The van der Waals surface area contributed by atoms with E-state index >= 15 is 0 Å². The molecular weight excluding hydrogens is 1240 g/mol. The van der Waals surface area contributed by atoms with Gasteiger partial charge in [0.05, 0.1) is 28.3 Å². The van der Waals surface area contributed by atoms with Crippen LogP contribution in [0.5, 0.6) is 0 Å². The molecule has 0 unspecified atom stereocenters. The molecule has 4 saturated carbocycles. The molecule has 12 aromatic rings. The van der Waals surface area contributed by atoms with Crippen LogP contribution in [0.25, 0.3) is 54.2 Å². The second kappa shape index (κ2) is 26.4. The maximum absolute atomic E-state index is 11.8. The molecule has 8 nitrogen and oxygen atoms in total. The largest absolute Gasteiger partial charge is 0.0622 e. The van der Waals surface area contributed by atoms with Gasteiger partial charge in [0.25, 0.3) is 11.1 Å². The summed E-state index contributed by atoms with van der Waals surface area (Å²) in [6.45, 7) is 0. The van der Waals surface area contributed by atoms with Crippen molar-refractivity contribution in [1.82, 2.24) is 20.4 Å². The topological polar surface area (TPSA) is 138 Å². The smallest absolute Gasteiger partial charge is 0.000884 e. The van der Waals surface area contributed by atoms with Crippen LogP contribution in [0.4, 0.5) is 0 Å². The Balaban J connectivity index is 0.000000147. The Hall–Kier alpha value is -7.02. The van der Waals surface area contributed by atoms with Crippen molar-refractivity contribution < 1.29 is 22.4 Å². The fraction of sp³-hybridized carbons (Fsp3) is 0.189. The van der Waals surface area contributed by atoms with Gasteiger partial charge in [0.15, 0.2) is 0 Å². The third kappa shape index (κ3) is 12.1. The Morgan fingerprint density at radius 1 is 0.402 bits per heavy atom. The average molecular weight is 1310 g/mol. The third-order valence-electron chi connectivity index (χ3n) is 18.3. The number of rotatable bonds is 9. The van der Waals surface area contributed by atoms with Crippen molar-refractivity contribution >= 4 is 113 Å². The van der Waals surface area contributed by atoms with Gasteiger partial charge in [0.1, 0.15) is 0 Å². The predicted molar refractivity (Wildman–Crippen MR) is 363 cm³/mol. The quantitative estimate of drug-likeness (QED) is 0.0839. The molecule has 0 bridgehead atoms. The number of hydrogen-bond acceptors (Lipinski definition) is 6. The molecule has 5 N–H and O–H groups in total. The zero-order chi connectivity index (χ0) is 58.8. The van der Waals surface area contributed by atoms with E-state index in [1.807, 2.05) is 65.8 Å². The first-order chi connectivity index (χ1) is 42.2. The molecular formula is C74H66Cl2N5O3P2Ru. The van der Waals surface area contributed by atoms with Crippen LogP contribution in [-0.2, 0) is 17.3 Å². The molecule has 10 aromatic carbocycles. The van der Waals surface area contributed by atoms with Gasteiger partial charge in [-0.05, 0) is 155 Å². The van der Waals surface area contributed by atoms with Crippen molar-refractivity contribution in [3.63, 3.8) is 0 Å². The zero-order valence-corrected chi connectivity index (χ0v) is 52.9. The molecule has 4 aliphatic carbocycles. The van der Waals surface area contributed by atoms with Gasteiger partial charge in [-0.15, -0.1) is 12.4 Å². The van der Waals surface area contributed by atoms with Crippen LogP contribution in [0.1, 0.15) is 74.6 Å². The van der Waals surface area contributed by atoms with E-state index in [9.17, 15) is 14.7 Å². The van der Waals surface area contributed by atoms with E-state index in [2.05, 4.69) is 224 Å². The molecule has 437 valence electrons. The van der Waals surface area contributed by atoms with Gasteiger partial charge in [-0.25, -0.2) is 10.2 Å². The number of nitrogens with zero attached hydrogens (tertiary/aromatic N) is 2. The van der Waals surface area contributed by atoms with Crippen molar-refractivity contribution in [3.05, 3.63) is 275 Å². The van der Waals surface area contributed by atoms with E-state index in [0.717, 1.165) is 71.5 Å². The Kier molecular flexibility index (Phi) is 18.3. The Bertz CT molecular complexity index is 4110. The molecule has 2 heterocycles.